The van der Waals surface area contributed by atoms with Crippen LogP contribution in [0.1, 0.15) is 0 Å². The van der Waals surface area contributed by atoms with Gasteiger partial charge in [-0.25, -0.2) is 0 Å². The van der Waals surface area contributed by atoms with Crippen LogP contribution < -0.4 is 4.35 Å². The van der Waals surface area contributed by atoms with Crippen LogP contribution in [0, 0.1) is 0 Å². The van der Waals surface area contributed by atoms with Crippen LogP contribution in [0.4, 0.5) is 0 Å². The van der Waals surface area contributed by atoms with Gasteiger partial charge in [0, 0.05) is 0 Å². The van der Waals surface area contributed by atoms with E-state index in [-0.39, 0.29) is 0 Å². The normalized spacial score (nSPS) is 9.92. The van der Waals surface area contributed by atoms with E-state index in [0.29, 0.717) is 0 Å². The molecule has 0 aliphatic heterocycles. The molecule has 0 aliphatic rings. The summed E-state index contributed by atoms with van der Waals surface area (Å²) in [7, 11) is 0. The molecule has 13 heavy (non-hydrogen) atoms. The van der Waals surface area contributed by atoms with Crippen LogP contribution in [-0.2, 0) is 0 Å². The first-order valence-corrected chi connectivity index (χ1v) is 5.15. The molecule has 0 nitrogen and oxygen atoms in total. The van der Waals surface area contributed by atoms with Crippen molar-refractivity contribution in [1.29, 1.82) is 0 Å². The first kappa shape index (κ1) is 8.59. The summed E-state index contributed by atoms with van der Waals surface area (Å²) in [6, 6.07) is 18.8. The van der Waals surface area contributed by atoms with E-state index in [2.05, 4.69) is 65.4 Å². The van der Waals surface area contributed by atoms with Gasteiger partial charge in [-0.05, 0) is 0 Å². The quantitative estimate of drug-likeness (QED) is 0.656. The summed E-state index contributed by atoms with van der Waals surface area (Å²) in [5.41, 5.74) is 2.57. The molecule has 2 aromatic rings. The second-order valence-electron chi connectivity index (χ2n) is 2.88. The van der Waals surface area contributed by atoms with Gasteiger partial charge in [0.05, 0.1) is 0 Å². The molecule has 0 heterocycles. The van der Waals surface area contributed by atoms with Crippen LogP contribution in [0.15, 0.2) is 54.6 Å². The van der Waals surface area contributed by atoms with E-state index in [0.717, 1.165) is 0 Å². The van der Waals surface area contributed by atoms with E-state index in [9.17, 15) is 0 Å². The summed E-state index contributed by atoms with van der Waals surface area (Å²) in [5.74, 6) is 0. The maximum absolute atomic E-state index is 2.61. The van der Waals surface area contributed by atoms with Gasteiger partial charge < -0.3 is 0 Å². The van der Waals surface area contributed by atoms with E-state index in [1.54, 1.807) is 0 Å². The van der Waals surface area contributed by atoms with Gasteiger partial charge in [-0.15, -0.1) is 0 Å². The van der Waals surface area contributed by atoms with Crippen LogP contribution in [0.5, 0.6) is 0 Å². The molecular formula is C12H9As. The van der Waals surface area contributed by atoms with E-state index >= 15 is 0 Å². The third kappa shape index (κ3) is 1.84. The standard InChI is InChI=1S/C12H9As/c13-12-9-5-4-8-11(12)10-6-2-1-3-7-10/h1-9H. The molecule has 0 saturated heterocycles. The first-order valence-electron chi connectivity index (χ1n) is 4.21. The average molecular weight is 228 g/mol. The number of hydrogen-bond acceptors (Lipinski definition) is 0. The van der Waals surface area contributed by atoms with Crippen LogP contribution in [0.3, 0.4) is 0 Å². The van der Waals surface area contributed by atoms with Gasteiger partial charge in [-0.1, -0.05) is 0 Å². The molecular weight excluding hydrogens is 219 g/mol. The van der Waals surface area contributed by atoms with E-state index in [1.807, 2.05) is 6.07 Å². The zero-order valence-electron chi connectivity index (χ0n) is 7.14. The molecule has 0 fully saturated rings. The molecule has 0 N–H and O–H groups in total. The molecule has 0 atom stereocenters. The van der Waals surface area contributed by atoms with Crippen molar-refractivity contribution in [3.63, 3.8) is 0 Å². The van der Waals surface area contributed by atoms with Crippen molar-refractivity contribution in [2.24, 2.45) is 0 Å². The van der Waals surface area contributed by atoms with Gasteiger partial charge >= 0.3 is 86.9 Å². The summed E-state index contributed by atoms with van der Waals surface area (Å²) in [6.07, 6.45) is 0. The van der Waals surface area contributed by atoms with Crippen molar-refractivity contribution < 1.29 is 0 Å². The number of rotatable bonds is 1. The van der Waals surface area contributed by atoms with Crippen LogP contribution in [0.2, 0.25) is 0 Å². The Bertz CT molecular complexity index is 393. The fraction of sp³-hybridized carbons (Fsp3) is 0. The van der Waals surface area contributed by atoms with Crippen molar-refractivity contribution in [3.05, 3.63) is 54.6 Å². The number of hydrogen-bond donors (Lipinski definition) is 0. The third-order valence-corrected chi connectivity index (χ3v) is 2.81. The van der Waals surface area contributed by atoms with Crippen LogP contribution >= 0.6 is 0 Å². The van der Waals surface area contributed by atoms with Crippen molar-refractivity contribution in [3.8, 4) is 11.1 Å². The molecule has 0 saturated carbocycles. The second-order valence-corrected chi connectivity index (χ2v) is 3.89. The zero-order valence-corrected chi connectivity index (χ0v) is 9.02. The van der Waals surface area contributed by atoms with Gasteiger partial charge in [0.1, 0.15) is 0 Å². The van der Waals surface area contributed by atoms with Gasteiger partial charge in [0.2, 0.25) is 0 Å². The monoisotopic (exact) mass is 228 g/mol. The zero-order chi connectivity index (χ0) is 9.10. The van der Waals surface area contributed by atoms with Gasteiger partial charge in [0.15, 0.2) is 0 Å². The predicted octanol–water partition coefficient (Wildman–Crippen LogP) is 2.15. The van der Waals surface area contributed by atoms with E-state index < -0.39 is 0 Å². The minimum atomic E-state index is 1.27. The van der Waals surface area contributed by atoms with Crippen molar-refractivity contribution in [2.45, 2.75) is 0 Å². The molecule has 0 bridgehead atoms. The second kappa shape index (κ2) is 3.81. The van der Waals surface area contributed by atoms with Gasteiger partial charge in [0.25, 0.3) is 0 Å². The van der Waals surface area contributed by atoms with Gasteiger partial charge in [-0.2, -0.15) is 0 Å². The third-order valence-electron chi connectivity index (χ3n) is 1.99. The molecule has 0 aliphatic carbocycles. The summed E-state index contributed by atoms with van der Waals surface area (Å²) >= 11 is 2.61. The fourth-order valence-corrected chi connectivity index (χ4v) is 1.94. The summed E-state index contributed by atoms with van der Waals surface area (Å²) in [4.78, 5) is 0. The molecule has 0 amide bonds. The maximum atomic E-state index is 2.61. The van der Waals surface area contributed by atoms with Crippen LogP contribution in [0.25, 0.3) is 11.1 Å². The molecule has 1 heteroatoms. The van der Waals surface area contributed by atoms with Crippen molar-refractivity contribution in [1.82, 2.24) is 0 Å². The predicted molar refractivity (Wildman–Crippen MR) is 57.3 cm³/mol. The van der Waals surface area contributed by atoms with E-state index in [4.69, 9.17) is 0 Å². The molecule has 0 unspecified atom stereocenters. The Balaban J connectivity index is 2.54. The number of benzene rings is 2. The molecule has 62 valence electrons. The molecule has 0 spiro atoms. The Labute approximate surface area is 87.1 Å². The molecule has 2 aromatic carbocycles. The Morgan fingerprint density at radius 3 is 2.00 bits per heavy atom. The molecule has 2 radical (unpaired) electrons. The molecule has 0 aromatic heterocycles. The summed E-state index contributed by atoms with van der Waals surface area (Å²) in [5, 5.41) is 0. The summed E-state index contributed by atoms with van der Waals surface area (Å²) < 4.78 is 1.27. The fourth-order valence-electron chi connectivity index (χ4n) is 1.34. The van der Waals surface area contributed by atoms with Crippen molar-refractivity contribution >= 4 is 21.2 Å². The first-order chi connectivity index (χ1) is 6.38. The van der Waals surface area contributed by atoms with Crippen molar-refractivity contribution in [2.75, 3.05) is 0 Å². The topological polar surface area (TPSA) is 0 Å². The van der Waals surface area contributed by atoms with E-state index in [1.165, 1.54) is 15.5 Å². The SMILES string of the molecule is [As]c1ccccc1-c1ccccc1. The summed E-state index contributed by atoms with van der Waals surface area (Å²) in [6.45, 7) is 0. The Morgan fingerprint density at radius 1 is 0.692 bits per heavy atom. The Hall–Kier alpha value is -1.00. The average Bonchev–Trinajstić information content (AvgIpc) is 2.20. The minimum absolute atomic E-state index is 1.27. The Morgan fingerprint density at radius 2 is 1.31 bits per heavy atom. The van der Waals surface area contributed by atoms with Gasteiger partial charge in [-0.3, -0.25) is 0 Å². The molecule has 2 rings (SSSR count). The Kier molecular flexibility index (Phi) is 2.51. The van der Waals surface area contributed by atoms with Crippen LogP contribution in [-0.4, -0.2) is 16.9 Å².